The maximum absolute atomic E-state index is 12.6. The molecule has 2 aromatic carbocycles. The lowest BCUT2D eigenvalue weighted by atomic mass is 10.1. The van der Waals surface area contributed by atoms with Crippen LogP contribution in [0.4, 0.5) is 5.69 Å². The predicted octanol–water partition coefficient (Wildman–Crippen LogP) is 3.12. The van der Waals surface area contributed by atoms with Crippen molar-refractivity contribution >= 4 is 17.2 Å². The van der Waals surface area contributed by atoms with Crippen molar-refractivity contribution in [2.75, 3.05) is 32.0 Å². The number of morpholine rings is 1. The average molecular weight is 399 g/mol. The summed E-state index contributed by atoms with van der Waals surface area (Å²) < 4.78 is 7.08. The molecule has 1 saturated heterocycles. The van der Waals surface area contributed by atoms with Gasteiger partial charge in [-0.25, -0.2) is 9.50 Å². The second-order valence-electron chi connectivity index (χ2n) is 7.24. The van der Waals surface area contributed by atoms with Crippen LogP contribution >= 0.6 is 0 Å². The quantitative estimate of drug-likeness (QED) is 0.535. The summed E-state index contributed by atoms with van der Waals surface area (Å²) in [5.41, 5.74) is 11.7. The molecule has 7 nitrogen and oxygen atoms in total. The van der Waals surface area contributed by atoms with E-state index in [1.165, 1.54) is 0 Å². The standard InChI is InChI=1S/C23H21N5O2/c24-19-7-5-16(6-8-19)20-15-25-28-10-9-21(26-22(20)28)17-1-3-18(4-2-17)23(29)27-11-13-30-14-12-27/h1-10,15H,11-14,24H2. The van der Waals surface area contributed by atoms with E-state index in [0.717, 1.165) is 33.7 Å². The summed E-state index contributed by atoms with van der Waals surface area (Å²) in [5, 5.41) is 4.40. The zero-order valence-electron chi connectivity index (χ0n) is 16.4. The number of benzene rings is 2. The summed E-state index contributed by atoms with van der Waals surface area (Å²) in [5.74, 6) is 0.0367. The minimum Gasteiger partial charge on any atom is -0.399 e. The van der Waals surface area contributed by atoms with Crippen LogP contribution in [0.15, 0.2) is 67.0 Å². The Hall–Kier alpha value is -3.71. The zero-order valence-corrected chi connectivity index (χ0v) is 16.4. The van der Waals surface area contributed by atoms with E-state index in [4.69, 9.17) is 15.5 Å². The van der Waals surface area contributed by atoms with Gasteiger partial charge in [0.25, 0.3) is 5.91 Å². The zero-order chi connectivity index (χ0) is 20.5. The molecular weight excluding hydrogens is 378 g/mol. The van der Waals surface area contributed by atoms with Gasteiger partial charge in [-0.2, -0.15) is 5.10 Å². The molecular formula is C23H21N5O2. The van der Waals surface area contributed by atoms with E-state index in [1.54, 1.807) is 4.52 Å². The van der Waals surface area contributed by atoms with Crippen LogP contribution in [0.5, 0.6) is 0 Å². The summed E-state index contributed by atoms with van der Waals surface area (Å²) in [4.78, 5) is 19.3. The first-order valence-corrected chi connectivity index (χ1v) is 9.87. The number of nitrogen functional groups attached to an aromatic ring is 1. The molecule has 0 saturated carbocycles. The number of hydrogen-bond acceptors (Lipinski definition) is 5. The molecule has 0 radical (unpaired) electrons. The van der Waals surface area contributed by atoms with Crippen LogP contribution in [0, 0.1) is 0 Å². The number of rotatable bonds is 3. The summed E-state index contributed by atoms with van der Waals surface area (Å²) >= 11 is 0. The van der Waals surface area contributed by atoms with Crippen molar-refractivity contribution in [2.45, 2.75) is 0 Å². The van der Waals surface area contributed by atoms with Crippen molar-refractivity contribution in [1.82, 2.24) is 19.5 Å². The molecule has 0 atom stereocenters. The van der Waals surface area contributed by atoms with Gasteiger partial charge in [-0.3, -0.25) is 4.79 Å². The Kier molecular flexibility index (Phi) is 4.65. The highest BCUT2D eigenvalue weighted by atomic mass is 16.5. The van der Waals surface area contributed by atoms with Crippen LogP contribution in [0.3, 0.4) is 0 Å². The highest BCUT2D eigenvalue weighted by Crippen LogP contribution is 2.26. The first kappa shape index (κ1) is 18.3. The average Bonchev–Trinajstić information content (AvgIpc) is 3.23. The molecule has 5 rings (SSSR count). The fraction of sp³-hybridized carbons (Fsp3) is 0.174. The SMILES string of the molecule is Nc1ccc(-c2cnn3ccc(-c4ccc(C(=O)N5CCOCC5)cc4)nc23)cc1. The Morgan fingerprint density at radius 3 is 2.37 bits per heavy atom. The Labute approximate surface area is 173 Å². The van der Waals surface area contributed by atoms with Gasteiger partial charge in [-0.05, 0) is 35.9 Å². The number of carbonyl (C=O) groups is 1. The van der Waals surface area contributed by atoms with E-state index in [-0.39, 0.29) is 5.91 Å². The highest BCUT2D eigenvalue weighted by molar-refractivity contribution is 5.94. The van der Waals surface area contributed by atoms with Gasteiger partial charge >= 0.3 is 0 Å². The van der Waals surface area contributed by atoms with Gasteiger partial charge in [0.15, 0.2) is 5.65 Å². The molecule has 0 aliphatic carbocycles. The van der Waals surface area contributed by atoms with E-state index in [2.05, 4.69) is 5.10 Å². The Balaban J connectivity index is 1.45. The van der Waals surface area contributed by atoms with Crippen LogP contribution in [-0.4, -0.2) is 51.7 Å². The van der Waals surface area contributed by atoms with Crippen molar-refractivity contribution in [1.29, 1.82) is 0 Å². The van der Waals surface area contributed by atoms with Crippen LogP contribution in [-0.2, 0) is 4.74 Å². The molecule has 1 amide bonds. The third-order valence-electron chi connectivity index (χ3n) is 5.32. The van der Waals surface area contributed by atoms with Gasteiger partial charge < -0.3 is 15.4 Å². The second-order valence-corrected chi connectivity index (χ2v) is 7.24. The Morgan fingerprint density at radius 1 is 0.933 bits per heavy atom. The number of hydrogen-bond donors (Lipinski definition) is 1. The predicted molar refractivity (Wildman–Crippen MR) is 115 cm³/mol. The molecule has 1 aliphatic rings. The van der Waals surface area contributed by atoms with Crippen molar-refractivity contribution in [3.05, 3.63) is 72.6 Å². The van der Waals surface area contributed by atoms with E-state index in [9.17, 15) is 4.79 Å². The maximum Gasteiger partial charge on any atom is 0.254 e. The number of carbonyl (C=O) groups excluding carboxylic acids is 1. The molecule has 0 spiro atoms. The molecule has 30 heavy (non-hydrogen) atoms. The number of amides is 1. The molecule has 0 bridgehead atoms. The molecule has 150 valence electrons. The summed E-state index contributed by atoms with van der Waals surface area (Å²) in [6, 6.07) is 17.2. The second kappa shape index (κ2) is 7.61. The van der Waals surface area contributed by atoms with Crippen LogP contribution in [0.1, 0.15) is 10.4 Å². The lowest BCUT2D eigenvalue weighted by Crippen LogP contribution is -2.40. The fourth-order valence-corrected chi connectivity index (χ4v) is 3.63. The summed E-state index contributed by atoms with van der Waals surface area (Å²) in [7, 11) is 0. The van der Waals surface area contributed by atoms with E-state index < -0.39 is 0 Å². The molecule has 0 unspecified atom stereocenters. The summed E-state index contributed by atoms with van der Waals surface area (Å²) in [6.45, 7) is 2.45. The smallest absolute Gasteiger partial charge is 0.254 e. The molecule has 3 heterocycles. The van der Waals surface area contributed by atoms with Crippen molar-refractivity contribution in [3.8, 4) is 22.4 Å². The lowest BCUT2D eigenvalue weighted by Gasteiger charge is -2.26. The first-order valence-electron chi connectivity index (χ1n) is 9.87. The van der Waals surface area contributed by atoms with Crippen molar-refractivity contribution < 1.29 is 9.53 Å². The van der Waals surface area contributed by atoms with Gasteiger partial charge in [-0.1, -0.05) is 24.3 Å². The largest absolute Gasteiger partial charge is 0.399 e. The van der Waals surface area contributed by atoms with Crippen LogP contribution < -0.4 is 5.73 Å². The van der Waals surface area contributed by atoms with E-state index in [1.807, 2.05) is 71.9 Å². The van der Waals surface area contributed by atoms with Gasteiger partial charge in [0.05, 0.1) is 25.1 Å². The highest BCUT2D eigenvalue weighted by Gasteiger charge is 2.18. The number of nitrogens with zero attached hydrogens (tertiary/aromatic N) is 4. The lowest BCUT2D eigenvalue weighted by molar-refractivity contribution is 0.0303. The monoisotopic (exact) mass is 399 g/mol. The maximum atomic E-state index is 12.6. The van der Waals surface area contributed by atoms with Gasteiger partial charge in [-0.15, -0.1) is 0 Å². The number of anilines is 1. The minimum atomic E-state index is 0.0367. The molecule has 7 heteroatoms. The first-order chi connectivity index (χ1) is 14.7. The van der Waals surface area contributed by atoms with Gasteiger partial charge in [0.2, 0.25) is 0 Å². The third-order valence-corrected chi connectivity index (χ3v) is 5.32. The van der Waals surface area contributed by atoms with E-state index >= 15 is 0 Å². The molecule has 2 N–H and O–H groups in total. The van der Waals surface area contributed by atoms with Crippen LogP contribution in [0.2, 0.25) is 0 Å². The Morgan fingerprint density at radius 2 is 1.63 bits per heavy atom. The van der Waals surface area contributed by atoms with Gasteiger partial charge in [0, 0.05) is 41.7 Å². The molecule has 4 aromatic rings. The molecule has 1 aliphatic heterocycles. The van der Waals surface area contributed by atoms with Crippen molar-refractivity contribution in [3.63, 3.8) is 0 Å². The normalized spacial score (nSPS) is 14.2. The molecule has 1 fully saturated rings. The number of aromatic nitrogens is 3. The topological polar surface area (TPSA) is 85.8 Å². The molecule has 2 aromatic heterocycles. The summed E-state index contributed by atoms with van der Waals surface area (Å²) in [6.07, 6.45) is 3.70. The van der Waals surface area contributed by atoms with Gasteiger partial charge in [0.1, 0.15) is 0 Å². The number of ether oxygens (including phenoxy) is 1. The number of nitrogens with two attached hydrogens (primary N) is 1. The third kappa shape index (κ3) is 3.40. The Bertz CT molecular complexity index is 1190. The van der Waals surface area contributed by atoms with Crippen molar-refractivity contribution in [2.24, 2.45) is 0 Å². The fourth-order valence-electron chi connectivity index (χ4n) is 3.63. The minimum absolute atomic E-state index is 0.0367. The number of fused-ring (bicyclic) bond motifs is 1. The van der Waals surface area contributed by atoms with Crippen LogP contribution in [0.25, 0.3) is 28.0 Å². The van der Waals surface area contributed by atoms with E-state index in [0.29, 0.717) is 31.9 Å².